The molecule has 1 amide bonds. The van der Waals surface area contributed by atoms with Crippen LogP contribution in [0.4, 0.5) is 0 Å². The zero-order chi connectivity index (χ0) is 15.7. The molecule has 0 radical (unpaired) electrons. The highest BCUT2D eigenvalue weighted by atomic mass is 16.5. The van der Waals surface area contributed by atoms with Crippen LogP contribution in [0.3, 0.4) is 0 Å². The summed E-state index contributed by atoms with van der Waals surface area (Å²) in [7, 11) is 1.93. The molecule has 122 valence electrons. The molecular weight excluding hydrogens is 280 g/mol. The summed E-state index contributed by atoms with van der Waals surface area (Å²) in [5, 5.41) is 4.26. The summed E-state index contributed by atoms with van der Waals surface area (Å²) in [6.45, 7) is 6.96. The molecule has 2 fully saturated rings. The van der Waals surface area contributed by atoms with Crippen molar-refractivity contribution < 1.29 is 9.53 Å². The average molecular weight is 306 g/mol. The van der Waals surface area contributed by atoms with E-state index in [1.807, 2.05) is 36.7 Å². The minimum atomic E-state index is 0.125. The standard InChI is InChI=1S/C16H26N4O2/c1-12-8-20(9-13(2)22-12)16(21)11-19-6-4-5-15(19)14-7-17-18(3)10-14/h7,10,12-13,15H,4-6,8-9,11H2,1-3H3/t12-,13-,15+/m1/s1. The first-order valence-electron chi connectivity index (χ1n) is 8.18. The second-order valence-corrected chi connectivity index (χ2v) is 6.63. The van der Waals surface area contributed by atoms with Gasteiger partial charge in [0, 0.05) is 37.9 Å². The van der Waals surface area contributed by atoms with Gasteiger partial charge in [0.15, 0.2) is 0 Å². The Kier molecular flexibility index (Phi) is 4.49. The Labute approximate surface area is 132 Å². The van der Waals surface area contributed by atoms with E-state index in [9.17, 15) is 4.79 Å². The number of rotatable bonds is 3. The lowest BCUT2D eigenvalue weighted by Crippen LogP contribution is -2.51. The van der Waals surface area contributed by atoms with Gasteiger partial charge in [0.05, 0.1) is 24.9 Å². The van der Waals surface area contributed by atoms with Crippen LogP contribution in [0, 0.1) is 0 Å². The molecule has 1 aromatic heterocycles. The van der Waals surface area contributed by atoms with E-state index in [0.29, 0.717) is 25.7 Å². The number of hydrogen-bond acceptors (Lipinski definition) is 4. The number of likely N-dealkylation sites (tertiary alicyclic amines) is 1. The van der Waals surface area contributed by atoms with Crippen molar-refractivity contribution in [3.63, 3.8) is 0 Å². The fourth-order valence-corrected chi connectivity index (χ4v) is 3.66. The maximum absolute atomic E-state index is 12.6. The largest absolute Gasteiger partial charge is 0.372 e. The molecule has 22 heavy (non-hydrogen) atoms. The average Bonchev–Trinajstić information content (AvgIpc) is 3.06. The number of amides is 1. The lowest BCUT2D eigenvalue weighted by atomic mass is 10.1. The number of morpholine rings is 1. The molecule has 1 aromatic rings. The number of hydrogen-bond donors (Lipinski definition) is 0. The summed E-state index contributed by atoms with van der Waals surface area (Å²) in [6.07, 6.45) is 6.48. The Balaban J connectivity index is 1.63. The second kappa shape index (κ2) is 6.38. The van der Waals surface area contributed by atoms with E-state index in [1.165, 1.54) is 5.56 Å². The first kappa shape index (κ1) is 15.5. The van der Waals surface area contributed by atoms with Gasteiger partial charge in [-0.05, 0) is 33.2 Å². The first-order valence-corrected chi connectivity index (χ1v) is 8.18. The minimum Gasteiger partial charge on any atom is -0.372 e. The van der Waals surface area contributed by atoms with E-state index in [-0.39, 0.29) is 18.1 Å². The van der Waals surface area contributed by atoms with E-state index >= 15 is 0 Å². The van der Waals surface area contributed by atoms with E-state index in [0.717, 1.165) is 19.4 Å². The van der Waals surface area contributed by atoms with Gasteiger partial charge in [0.1, 0.15) is 0 Å². The number of nitrogens with zero attached hydrogens (tertiary/aromatic N) is 4. The molecule has 0 bridgehead atoms. The number of ether oxygens (including phenoxy) is 1. The molecule has 2 saturated heterocycles. The first-order chi connectivity index (χ1) is 10.5. The van der Waals surface area contributed by atoms with Crippen LogP contribution in [0.1, 0.15) is 38.3 Å². The zero-order valence-corrected chi connectivity index (χ0v) is 13.7. The van der Waals surface area contributed by atoms with Crippen LogP contribution < -0.4 is 0 Å². The van der Waals surface area contributed by atoms with Crippen LogP contribution in [0.15, 0.2) is 12.4 Å². The molecule has 3 rings (SSSR count). The van der Waals surface area contributed by atoms with Crippen molar-refractivity contribution >= 4 is 5.91 Å². The van der Waals surface area contributed by atoms with E-state index in [4.69, 9.17) is 4.74 Å². The number of carbonyl (C=O) groups excluding carboxylic acids is 1. The van der Waals surface area contributed by atoms with Gasteiger partial charge in [-0.25, -0.2) is 0 Å². The predicted molar refractivity (Wildman–Crippen MR) is 83.3 cm³/mol. The molecule has 0 unspecified atom stereocenters. The molecule has 3 atom stereocenters. The van der Waals surface area contributed by atoms with E-state index in [2.05, 4.69) is 16.2 Å². The molecule has 2 aliphatic heterocycles. The van der Waals surface area contributed by atoms with Crippen LogP contribution in [-0.2, 0) is 16.6 Å². The zero-order valence-electron chi connectivity index (χ0n) is 13.7. The summed E-state index contributed by atoms with van der Waals surface area (Å²) >= 11 is 0. The van der Waals surface area contributed by atoms with Crippen LogP contribution in [-0.4, -0.2) is 63.9 Å². The van der Waals surface area contributed by atoms with Crippen molar-refractivity contribution in [1.29, 1.82) is 0 Å². The smallest absolute Gasteiger partial charge is 0.236 e. The fraction of sp³-hybridized carbons (Fsp3) is 0.750. The third-order valence-electron chi connectivity index (χ3n) is 4.58. The minimum absolute atomic E-state index is 0.125. The fourth-order valence-electron chi connectivity index (χ4n) is 3.66. The molecule has 6 nitrogen and oxygen atoms in total. The maximum Gasteiger partial charge on any atom is 0.236 e. The molecule has 6 heteroatoms. The number of carbonyl (C=O) groups is 1. The van der Waals surface area contributed by atoms with Crippen LogP contribution in [0.2, 0.25) is 0 Å². The monoisotopic (exact) mass is 306 g/mol. The maximum atomic E-state index is 12.6. The molecule has 2 aliphatic rings. The highest BCUT2D eigenvalue weighted by Crippen LogP contribution is 2.31. The lowest BCUT2D eigenvalue weighted by Gasteiger charge is -2.36. The topological polar surface area (TPSA) is 50.6 Å². The molecule has 0 spiro atoms. The van der Waals surface area contributed by atoms with E-state index in [1.54, 1.807) is 0 Å². The van der Waals surface area contributed by atoms with Crippen molar-refractivity contribution in [2.24, 2.45) is 7.05 Å². The Morgan fingerprint density at radius 2 is 2.09 bits per heavy atom. The SMILES string of the molecule is C[C@@H]1CN(C(=O)CN2CCC[C@H]2c2cnn(C)c2)C[C@@H](C)O1. The van der Waals surface area contributed by atoms with Gasteiger partial charge in [-0.3, -0.25) is 14.4 Å². The van der Waals surface area contributed by atoms with Crippen molar-refractivity contribution in [3.8, 4) is 0 Å². The summed E-state index contributed by atoms with van der Waals surface area (Å²) in [6, 6.07) is 0.327. The summed E-state index contributed by atoms with van der Waals surface area (Å²) in [5.74, 6) is 0.220. The highest BCUT2D eigenvalue weighted by Gasteiger charge is 2.32. The van der Waals surface area contributed by atoms with Gasteiger partial charge < -0.3 is 9.64 Å². The van der Waals surface area contributed by atoms with Gasteiger partial charge in [0.25, 0.3) is 0 Å². The highest BCUT2D eigenvalue weighted by molar-refractivity contribution is 5.78. The number of aromatic nitrogens is 2. The Bertz CT molecular complexity index is 520. The van der Waals surface area contributed by atoms with Gasteiger partial charge in [-0.1, -0.05) is 0 Å². The molecule has 0 aliphatic carbocycles. The van der Waals surface area contributed by atoms with Crippen LogP contribution in [0.5, 0.6) is 0 Å². The quantitative estimate of drug-likeness (QED) is 0.842. The summed E-state index contributed by atoms with van der Waals surface area (Å²) in [5.41, 5.74) is 1.22. The lowest BCUT2D eigenvalue weighted by molar-refractivity contribution is -0.144. The Hall–Kier alpha value is -1.40. The third kappa shape index (κ3) is 3.33. The summed E-state index contributed by atoms with van der Waals surface area (Å²) in [4.78, 5) is 16.9. The normalized spacial score (nSPS) is 30.0. The van der Waals surface area contributed by atoms with Gasteiger partial charge in [-0.2, -0.15) is 5.10 Å². The molecule has 0 aromatic carbocycles. The summed E-state index contributed by atoms with van der Waals surface area (Å²) < 4.78 is 7.54. The molecule has 0 N–H and O–H groups in total. The molecular formula is C16H26N4O2. The van der Waals surface area contributed by atoms with E-state index < -0.39 is 0 Å². The van der Waals surface area contributed by atoms with Crippen LogP contribution >= 0.6 is 0 Å². The van der Waals surface area contributed by atoms with Crippen molar-refractivity contribution in [1.82, 2.24) is 19.6 Å². The van der Waals surface area contributed by atoms with Crippen molar-refractivity contribution in [3.05, 3.63) is 18.0 Å². The third-order valence-corrected chi connectivity index (χ3v) is 4.58. The van der Waals surface area contributed by atoms with Gasteiger partial charge >= 0.3 is 0 Å². The second-order valence-electron chi connectivity index (χ2n) is 6.63. The van der Waals surface area contributed by atoms with Crippen molar-refractivity contribution in [2.45, 2.75) is 44.9 Å². The Morgan fingerprint density at radius 1 is 1.36 bits per heavy atom. The predicted octanol–water partition coefficient (Wildman–Crippen LogP) is 1.19. The molecule has 3 heterocycles. The van der Waals surface area contributed by atoms with Crippen LogP contribution in [0.25, 0.3) is 0 Å². The van der Waals surface area contributed by atoms with Gasteiger partial charge in [-0.15, -0.1) is 0 Å². The number of aryl methyl sites for hydroxylation is 1. The van der Waals surface area contributed by atoms with Gasteiger partial charge in [0.2, 0.25) is 5.91 Å². The molecule has 0 saturated carbocycles. The Morgan fingerprint density at radius 3 is 2.73 bits per heavy atom. The van der Waals surface area contributed by atoms with Crippen molar-refractivity contribution in [2.75, 3.05) is 26.2 Å².